The summed E-state index contributed by atoms with van der Waals surface area (Å²) >= 11 is 0. The van der Waals surface area contributed by atoms with Crippen LogP contribution in [0.3, 0.4) is 0 Å². The largest absolute Gasteiger partial charge is 0.379 e. The number of hydrogen-bond acceptors (Lipinski definition) is 4. The molecule has 2 aliphatic rings. The molecule has 2 fully saturated rings. The van der Waals surface area contributed by atoms with Crippen molar-refractivity contribution in [1.29, 1.82) is 0 Å². The quantitative estimate of drug-likeness (QED) is 0.713. The van der Waals surface area contributed by atoms with Gasteiger partial charge in [0.25, 0.3) is 0 Å². The van der Waals surface area contributed by atoms with E-state index in [-0.39, 0.29) is 5.60 Å². The molecule has 19 heavy (non-hydrogen) atoms. The minimum absolute atomic E-state index is 0.224. The Morgan fingerprint density at radius 3 is 2.79 bits per heavy atom. The van der Waals surface area contributed by atoms with Crippen molar-refractivity contribution in [3.63, 3.8) is 0 Å². The number of hydrogen-bond donors (Lipinski definition) is 1. The van der Waals surface area contributed by atoms with Crippen LogP contribution in [0.2, 0.25) is 0 Å². The van der Waals surface area contributed by atoms with Gasteiger partial charge in [-0.25, -0.2) is 0 Å². The van der Waals surface area contributed by atoms with E-state index in [0.717, 1.165) is 39.3 Å². The van der Waals surface area contributed by atoms with E-state index < -0.39 is 0 Å². The zero-order valence-electron chi connectivity index (χ0n) is 12.6. The first kappa shape index (κ1) is 15.2. The summed E-state index contributed by atoms with van der Waals surface area (Å²) < 4.78 is 11.7. The molecule has 0 amide bonds. The van der Waals surface area contributed by atoms with Gasteiger partial charge >= 0.3 is 0 Å². The lowest BCUT2D eigenvalue weighted by molar-refractivity contribution is -0.0840. The van der Waals surface area contributed by atoms with Gasteiger partial charge < -0.3 is 19.7 Å². The van der Waals surface area contributed by atoms with Crippen molar-refractivity contribution in [2.45, 2.75) is 50.2 Å². The predicted molar refractivity (Wildman–Crippen MR) is 77.5 cm³/mol. The third-order valence-corrected chi connectivity index (χ3v) is 4.37. The van der Waals surface area contributed by atoms with E-state index >= 15 is 0 Å². The summed E-state index contributed by atoms with van der Waals surface area (Å²) in [4.78, 5) is 2.15. The lowest BCUT2D eigenvalue weighted by Gasteiger charge is -2.38. The van der Waals surface area contributed by atoms with Crippen molar-refractivity contribution in [1.82, 2.24) is 10.2 Å². The van der Waals surface area contributed by atoms with Gasteiger partial charge in [0.15, 0.2) is 0 Å². The van der Waals surface area contributed by atoms with E-state index in [9.17, 15) is 0 Å². The summed E-state index contributed by atoms with van der Waals surface area (Å²) in [6.07, 6.45) is 7.58. The maximum atomic E-state index is 6.05. The van der Waals surface area contributed by atoms with Crippen molar-refractivity contribution in [3.8, 4) is 0 Å². The van der Waals surface area contributed by atoms with Crippen LogP contribution in [0.4, 0.5) is 0 Å². The standard InChI is InChI=1S/C15H30N2O2/c1-17(2)9-12-18-11-8-16-14-5-10-19-15(13-14)6-3-4-7-15/h14,16H,3-13H2,1-2H3. The first-order chi connectivity index (χ1) is 9.20. The fourth-order valence-electron chi connectivity index (χ4n) is 3.25. The Bertz CT molecular complexity index is 253. The molecule has 4 heteroatoms. The van der Waals surface area contributed by atoms with Crippen LogP contribution in [0.1, 0.15) is 38.5 Å². The summed E-state index contributed by atoms with van der Waals surface area (Å²) in [5, 5.41) is 3.64. The minimum Gasteiger partial charge on any atom is -0.379 e. The summed E-state index contributed by atoms with van der Waals surface area (Å²) in [7, 11) is 4.15. The maximum absolute atomic E-state index is 6.05. The zero-order chi connectivity index (χ0) is 13.6. The fourth-order valence-corrected chi connectivity index (χ4v) is 3.25. The summed E-state index contributed by atoms with van der Waals surface area (Å²) in [6, 6.07) is 0.629. The Labute approximate surface area is 117 Å². The average Bonchev–Trinajstić information content (AvgIpc) is 2.81. The first-order valence-corrected chi connectivity index (χ1v) is 7.80. The Morgan fingerprint density at radius 2 is 2.05 bits per heavy atom. The molecule has 0 radical (unpaired) electrons. The Kier molecular flexibility index (Phi) is 6.07. The van der Waals surface area contributed by atoms with Crippen LogP contribution in [-0.4, -0.2) is 63.5 Å². The van der Waals surface area contributed by atoms with E-state index in [2.05, 4.69) is 24.3 Å². The van der Waals surface area contributed by atoms with Crippen LogP contribution in [0, 0.1) is 0 Å². The van der Waals surface area contributed by atoms with Crippen molar-refractivity contribution < 1.29 is 9.47 Å². The molecule has 112 valence electrons. The van der Waals surface area contributed by atoms with Gasteiger partial charge in [-0.1, -0.05) is 12.8 Å². The third-order valence-electron chi connectivity index (χ3n) is 4.37. The predicted octanol–water partition coefficient (Wildman–Crippen LogP) is 1.65. The van der Waals surface area contributed by atoms with Crippen LogP contribution in [0.25, 0.3) is 0 Å². The van der Waals surface area contributed by atoms with Gasteiger partial charge in [0, 0.05) is 25.7 Å². The molecule has 1 aliphatic carbocycles. The molecule has 1 saturated carbocycles. The van der Waals surface area contributed by atoms with E-state index in [1.807, 2.05) is 0 Å². The fraction of sp³-hybridized carbons (Fsp3) is 1.00. The molecule has 4 nitrogen and oxygen atoms in total. The summed E-state index contributed by atoms with van der Waals surface area (Å²) in [5.41, 5.74) is 0.224. The van der Waals surface area contributed by atoms with E-state index in [1.54, 1.807) is 0 Å². The Hall–Kier alpha value is -0.160. The monoisotopic (exact) mass is 270 g/mol. The normalized spacial score (nSPS) is 26.4. The van der Waals surface area contributed by atoms with Gasteiger partial charge in [-0.3, -0.25) is 0 Å². The molecule has 0 aromatic rings. The van der Waals surface area contributed by atoms with Crippen LogP contribution in [-0.2, 0) is 9.47 Å². The molecule has 1 N–H and O–H groups in total. The Morgan fingerprint density at radius 1 is 1.26 bits per heavy atom. The second-order valence-corrected chi connectivity index (χ2v) is 6.30. The number of rotatable bonds is 7. The molecule has 2 rings (SSSR count). The topological polar surface area (TPSA) is 33.7 Å². The van der Waals surface area contributed by atoms with Gasteiger partial charge in [-0.15, -0.1) is 0 Å². The summed E-state index contributed by atoms with van der Waals surface area (Å²) in [5.74, 6) is 0. The molecule has 1 saturated heterocycles. The molecule has 1 heterocycles. The van der Waals surface area contributed by atoms with Crippen LogP contribution in [0.15, 0.2) is 0 Å². The molecule has 1 unspecified atom stereocenters. The lowest BCUT2D eigenvalue weighted by atomic mass is 9.89. The molecular formula is C15H30N2O2. The molecule has 0 aromatic heterocycles. The highest BCUT2D eigenvalue weighted by Gasteiger charge is 2.39. The highest BCUT2D eigenvalue weighted by Crippen LogP contribution is 2.39. The first-order valence-electron chi connectivity index (χ1n) is 7.80. The van der Waals surface area contributed by atoms with Crippen molar-refractivity contribution in [2.75, 3.05) is 47.0 Å². The molecule has 0 bridgehead atoms. The molecule has 0 aromatic carbocycles. The SMILES string of the molecule is CN(C)CCOCCNC1CCOC2(CCCC2)C1. The molecular weight excluding hydrogens is 240 g/mol. The Balaban J connectivity index is 1.56. The smallest absolute Gasteiger partial charge is 0.0697 e. The van der Waals surface area contributed by atoms with Gasteiger partial charge in [0.2, 0.25) is 0 Å². The minimum atomic E-state index is 0.224. The number of nitrogens with zero attached hydrogens (tertiary/aromatic N) is 1. The summed E-state index contributed by atoms with van der Waals surface area (Å²) in [6.45, 7) is 4.54. The lowest BCUT2D eigenvalue weighted by Crippen LogP contribution is -2.46. The maximum Gasteiger partial charge on any atom is 0.0697 e. The van der Waals surface area contributed by atoms with Gasteiger partial charge in [-0.05, 0) is 39.8 Å². The average molecular weight is 270 g/mol. The van der Waals surface area contributed by atoms with E-state index in [1.165, 1.54) is 32.1 Å². The number of nitrogens with one attached hydrogen (secondary N) is 1. The highest BCUT2D eigenvalue weighted by atomic mass is 16.5. The second-order valence-electron chi connectivity index (χ2n) is 6.30. The van der Waals surface area contributed by atoms with E-state index in [4.69, 9.17) is 9.47 Å². The van der Waals surface area contributed by atoms with Gasteiger partial charge in [0.1, 0.15) is 0 Å². The van der Waals surface area contributed by atoms with Gasteiger partial charge in [-0.2, -0.15) is 0 Å². The van der Waals surface area contributed by atoms with Gasteiger partial charge in [0.05, 0.1) is 18.8 Å². The van der Waals surface area contributed by atoms with Crippen molar-refractivity contribution in [3.05, 3.63) is 0 Å². The molecule has 1 aliphatic heterocycles. The molecule has 1 spiro atoms. The van der Waals surface area contributed by atoms with Crippen molar-refractivity contribution in [2.24, 2.45) is 0 Å². The van der Waals surface area contributed by atoms with Crippen LogP contribution < -0.4 is 5.32 Å². The zero-order valence-corrected chi connectivity index (χ0v) is 12.6. The van der Waals surface area contributed by atoms with Crippen LogP contribution in [0.5, 0.6) is 0 Å². The van der Waals surface area contributed by atoms with E-state index in [0.29, 0.717) is 6.04 Å². The highest BCUT2D eigenvalue weighted by molar-refractivity contribution is 4.93. The second kappa shape index (κ2) is 7.58. The molecule has 1 atom stereocenters. The number of likely N-dealkylation sites (N-methyl/N-ethyl adjacent to an activating group) is 1. The number of ether oxygens (including phenoxy) is 2. The third kappa shape index (κ3) is 5.03. The van der Waals surface area contributed by atoms with Crippen molar-refractivity contribution >= 4 is 0 Å². The van der Waals surface area contributed by atoms with Crippen LogP contribution >= 0.6 is 0 Å².